The van der Waals surface area contributed by atoms with E-state index in [1.54, 1.807) is 59.7 Å². The number of hydrogen-bond acceptors (Lipinski definition) is 8. The maximum atomic E-state index is 13.8. The lowest BCUT2D eigenvalue weighted by atomic mass is 9.94. The van der Waals surface area contributed by atoms with Gasteiger partial charge in [0.2, 0.25) is 11.8 Å². The summed E-state index contributed by atoms with van der Waals surface area (Å²) in [6, 6.07) is 15.0. The van der Waals surface area contributed by atoms with E-state index in [0.717, 1.165) is 29.1 Å². The van der Waals surface area contributed by atoms with Crippen LogP contribution in [0.4, 0.5) is 0 Å². The molecule has 2 aromatic heterocycles. The molecule has 0 bridgehead atoms. The van der Waals surface area contributed by atoms with Crippen molar-refractivity contribution in [3.05, 3.63) is 100 Å². The zero-order valence-corrected chi connectivity index (χ0v) is 23.4. The van der Waals surface area contributed by atoms with Crippen molar-refractivity contribution in [1.82, 2.24) is 19.4 Å². The molecule has 1 amide bonds. The summed E-state index contributed by atoms with van der Waals surface area (Å²) >= 11 is 1.58. The third kappa shape index (κ3) is 6.03. The van der Waals surface area contributed by atoms with Crippen LogP contribution in [-0.2, 0) is 11.2 Å². The second-order valence-electron chi connectivity index (χ2n) is 10.4. The van der Waals surface area contributed by atoms with Crippen molar-refractivity contribution in [3.8, 4) is 5.69 Å². The Bertz CT molecular complexity index is 1510. The smallest absolute Gasteiger partial charge is 0.254 e. The second-order valence-corrected chi connectivity index (χ2v) is 11.3. The van der Waals surface area contributed by atoms with Gasteiger partial charge in [0.25, 0.3) is 5.91 Å². The molecule has 1 fully saturated rings. The van der Waals surface area contributed by atoms with Crippen molar-refractivity contribution in [2.24, 2.45) is 5.73 Å². The van der Waals surface area contributed by atoms with Crippen LogP contribution in [0.5, 0.6) is 0 Å². The van der Waals surface area contributed by atoms with Crippen LogP contribution in [0.1, 0.15) is 64.4 Å². The first-order valence-corrected chi connectivity index (χ1v) is 14.1. The van der Waals surface area contributed by atoms with Crippen LogP contribution in [0.25, 0.3) is 5.69 Å². The molecule has 206 valence electrons. The first kappa shape index (κ1) is 27.4. The molecule has 0 aliphatic carbocycles. The van der Waals surface area contributed by atoms with E-state index >= 15 is 0 Å². The molecule has 0 spiro atoms. The molecule has 1 aliphatic rings. The number of imidazole rings is 1. The molecule has 4 N–H and O–H groups in total. The van der Waals surface area contributed by atoms with Crippen LogP contribution < -0.4 is 5.73 Å². The Hall–Kier alpha value is -4.15. The normalized spacial score (nSPS) is 16.5. The summed E-state index contributed by atoms with van der Waals surface area (Å²) in [5.74, 6) is -0.577. The number of likely N-dealkylation sites (tertiary alicyclic amines) is 1. The predicted octanol–water partition coefficient (Wildman–Crippen LogP) is 5.28. The van der Waals surface area contributed by atoms with Crippen molar-refractivity contribution in [1.29, 1.82) is 10.8 Å². The number of nitrogens with zero attached hydrogens (tertiary/aromatic N) is 4. The summed E-state index contributed by atoms with van der Waals surface area (Å²) in [6.45, 7) is 4.33. The van der Waals surface area contributed by atoms with Gasteiger partial charge in [-0.05, 0) is 63.3 Å². The van der Waals surface area contributed by atoms with Gasteiger partial charge in [-0.25, -0.2) is 9.97 Å². The van der Waals surface area contributed by atoms with E-state index in [1.165, 1.54) is 0 Å². The van der Waals surface area contributed by atoms with Gasteiger partial charge in [-0.3, -0.25) is 15.6 Å². The molecule has 2 unspecified atom stereocenters. The lowest BCUT2D eigenvalue weighted by molar-refractivity contribution is 0.0735. The highest BCUT2D eigenvalue weighted by molar-refractivity contribution is 7.09. The molecule has 10 heteroatoms. The summed E-state index contributed by atoms with van der Waals surface area (Å²) in [5, 5.41) is 20.2. The fourth-order valence-corrected chi connectivity index (χ4v) is 5.77. The van der Waals surface area contributed by atoms with Crippen LogP contribution in [0.15, 0.2) is 72.6 Å². The second kappa shape index (κ2) is 11.5. The Morgan fingerprint density at radius 1 is 1.20 bits per heavy atom. The van der Waals surface area contributed by atoms with Crippen molar-refractivity contribution in [2.45, 2.75) is 51.1 Å². The van der Waals surface area contributed by atoms with Crippen molar-refractivity contribution >= 4 is 29.0 Å². The van der Waals surface area contributed by atoms with E-state index < -0.39 is 5.54 Å². The highest BCUT2D eigenvalue weighted by Crippen LogP contribution is 2.35. The van der Waals surface area contributed by atoms with Gasteiger partial charge in [-0.1, -0.05) is 30.3 Å². The number of ether oxygens (including phenoxy) is 1. The Kier molecular flexibility index (Phi) is 7.90. The fraction of sp³-hybridized carbons (Fsp3) is 0.300. The number of rotatable bonds is 8. The molecule has 0 radical (unpaired) electrons. The third-order valence-corrected chi connectivity index (χ3v) is 8.23. The Labute approximate surface area is 237 Å². The van der Waals surface area contributed by atoms with E-state index in [0.29, 0.717) is 36.2 Å². The first-order valence-electron chi connectivity index (χ1n) is 13.3. The van der Waals surface area contributed by atoms with E-state index in [4.69, 9.17) is 21.3 Å². The van der Waals surface area contributed by atoms with Crippen LogP contribution in [-0.4, -0.2) is 49.2 Å². The highest BCUT2D eigenvalue weighted by Gasteiger charge is 2.33. The Balaban J connectivity index is 1.38. The topological polar surface area (TPSA) is 134 Å². The fourth-order valence-electron chi connectivity index (χ4n) is 4.82. The van der Waals surface area contributed by atoms with E-state index in [2.05, 4.69) is 9.97 Å². The number of benzene rings is 2. The minimum absolute atomic E-state index is 0.0713. The Morgan fingerprint density at radius 2 is 1.98 bits per heavy atom. The van der Waals surface area contributed by atoms with Gasteiger partial charge in [-0.2, -0.15) is 0 Å². The lowest BCUT2D eigenvalue weighted by Gasteiger charge is -2.26. The molecule has 0 saturated carbocycles. The van der Waals surface area contributed by atoms with Gasteiger partial charge >= 0.3 is 0 Å². The average molecular weight is 556 g/mol. The lowest BCUT2D eigenvalue weighted by Crippen LogP contribution is -2.46. The van der Waals surface area contributed by atoms with Crippen LogP contribution >= 0.6 is 11.3 Å². The number of amides is 1. The van der Waals surface area contributed by atoms with E-state index in [1.807, 2.05) is 47.5 Å². The summed E-state index contributed by atoms with van der Waals surface area (Å²) in [5.41, 5.74) is 8.92. The zero-order chi connectivity index (χ0) is 28.3. The number of thiazole rings is 1. The highest BCUT2D eigenvalue weighted by atomic mass is 32.1. The standard InChI is InChI=1S/C30H33N7O2S/c1-20-18-40-27(35-20)25-9-6-13-37(25)28(38)23-15-22(16-24(17-23)36-14-12-34-19-36)26(31)39-29(32)30(2,33)11-10-21-7-4-3-5-8-21/h3-5,7-8,12,14-19,25,31-32H,6,9-11,13,33H2,1-2H3. The maximum absolute atomic E-state index is 13.8. The molecule has 2 atom stereocenters. The van der Waals surface area contributed by atoms with E-state index in [9.17, 15) is 4.79 Å². The number of hydrogen-bond donors (Lipinski definition) is 3. The molecule has 3 heterocycles. The van der Waals surface area contributed by atoms with Gasteiger partial charge in [-0.15, -0.1) is 11.3 Å². The van der Waals surface area contributed by atoms with Gasteiger partial charge in [0, 0.05) is 46.8 Å². The molecule has 40 heavy (non-hydrogen) atoms. The number of nitrogens with two attached hydrogens (primary N) is 1. The number of carbonyl (C=O) groups is 1. The monoisotopic (exact) mass is 555 g/mol. The summed E-state index contributed by atoms with van der Waals surface area (Å²) in [7, 11) is 0. The van der Waals surface area contributed by atoms with E-state index in [-0.39, 0.29) is 23.7 Å². The molecule has 4 aromatic rings. The largest absolute Gasteiger partial charge is 0.423 e. The van der Waals surface area contributed by atoms with Gasteiger partial charge < -0.3 is 19.9 Å². The molecular formula is C30H33N7O2S. The summed E-state index contributed by atoms with van der Waals surface area (Å²) < 4.78 is 7.47. The molecular weight excluding hydrogens is 522 g/mol. The van der Waals surface area contributed by atoms with Crippen molar-refractivity contribution in [2.75, 3.05) is 6.54 Å². The predicted molar refractivity (Wildman–Crippen MR) is 156 cm³/mol. The Morgan fingerprint density at radius 3 is 2.67 bits per heavy atom. The summed E-state index contributed by atoms with van der Waals surface area (Å²) in [4.78, 5) is 24.5. The maximum Gasteiger partial charge on any atom is 0.254 e. The molecule has 5 rings (SSSR count). The minimum Gasteiger partial charge on any atom is -0.423 e. The third-order valence-electron chi connectivity index (χ3n) is 7.16. The number of nitrogens with one attached hydrogen (secondary N) is 2. The zero-order valence-electron chi connectivity index (χ0n) is 22.6. The van der Waals surface area contributed by atoms with Crippen LogP contribution in [0, 0.1) is 17.7 Å². The van der Waals surface area contributed by atoms with Crippen molar-refractivity contribution in [3.63, 3.8) is 0 Å². The number of carbonyl (C=O) groups excluding carboxylic acids is 1. The molecule has 2 aromatic carbocycles. The molecule has 1 aliphatic heterocycles. The van der Waals surface area contributed by atoms with Crippen molar-refractivity contribution < 1.29 is 9.53 Å². The molecule has 1 saturated heterocycles. The summed E-state index contributed by atoms with van der Waals surface area (Å²) in [6.07, 6.45) is 7.98. The number of aryl methyl sites for hydroxylation is 2. The average Bonchev–Trinajstić information content (AvgIpc) is 3.74. The SMILES string of the molecule is Cc1csc(C2CCCN2C(=O)c2cc(C(=N)OC(=N)C(C)(N)CCc3ccccc3)cc(-n3ccnc3)c2)n1. The van der Waals surface area contributed by atoms with Gasteiger partial charge in [0.05, 0.1) is 17.9 Å². The van der Waals surface area contributed by atoms with Crippen LogP contribution in [0.2, 0.25) is 0 Å². The first-order chi connectivity index (χ1) is 19.2. The molecule has 9 nitrogen and oxygen atoms in total. The minimum atomic E-state index is -1.07. The van der Waals surface area contributed by atoms with Gasteiger partial charge in [0.15, 0.2) is 0 Å². The van der Waals surface area contributed by atoms with Crippen LogP contribution in [0.3, 0.4) is 0 Å². The van der Waals surface area contributed by atoms with Gasteiger partial charge in [0.1, 0.15) is 5.01 Å². The quantitative estimate of drug-likeness (QED) is 0.201. The number of aromatic nitrogens is 3.